The molecule has 3 N–H and O–H groups in total. The van der Waals surface area contributed by atoms with Gasteiger partial charge in [0.1, 0.15) is 11.8 Å². The molecule has 2 unspecified atom stereocenters. The summed E-state index contributed by atoms with van der Waals surface area (Å²) in [7, 11) is 1.63. The molecule has 1 fully saturated rings. The molecule has 1 aliphatic heterocycles. The number of amides is 1. The van der Waals surface area contributed by atoms with Crippen LogP contribution in [0.4, 0.5) is 0 Å². The summed E-state index contributed by atoms with van der Waals surface area (Å²) >= 11 is 0. The zero-order chi connectivity index (χ0) is 20.8. The third-order valence-corrected chi connectivity index (χ3v) is 5.15. The molecule has 1 amide bonds. The number of carbonyl (C=O) groups is 1. The summed E-state index contributed by atoms with van der Waals surface area (Å²) < 4.78 is 5.30. The Kier molecular flexibility index (Phi) is 6.17. The number of para-hydroxylation sites is 1. The number of fused-ring (bicyclic) bond motifs is 1. The van der Waals surface area contributed by atoms with Crippen LogP contribution in [0.15, 0.2) is 77.9 Å². The molecule has 3 aromatic rings. The predicted molar refractivity (Wildman–Crippen MR) is 120 cm³/mol. The van der Waals surface area contributed by atoms with E-state index in [1.54, 1.807) is 19.4 Å². The lowest BCUT2D eigenvalue weighted by Gasteiger charge is -2.10. The minimum atomic E-state index is -0.350. The molecule has 0 aliphatic carbocycles. The topological polar surface area (TPSA) is 74.8 Å². The predicted octanol–water partition coefficient (Wildman–Crippen LogP) is 3.57. The average molecular weight is 400 g/mol. The number of hydrogen-bond donors (Lipinski definition) is 3. The molecule has 0 bridgehead atoms. The fourth-order valence-electron chi connectivity index (χ4n) is 3.54. The minimum Gasteiger partial charge on any atom is -0.496 e. The molecule has 4 rings (SSSR count). The van der Waals surface area contributed by atoms with E-state index in [0.29, 0.717) is 6.42 Å². The van der Waals surface area contributed by atoms with E-state index in [9.17, 15) is 4.79 Å². The maximum atomic E-state index is 12.4. The first-order chi connectivity index (χ1) is 14.7. The van der Waals surface area contributed by atoms with Gasteiger partial charge in [0, 0.05) is 17.8 Å². The zero-order valence-electron chi connectivity index (χ0n) is 16.7. The smallest absolute Gasteiger partial charge is 0.258 e. The maximum absolute atomic E-state index is 12.4. The summed E-state index contributed by atoms with van der Waals surface area (Å²) in [4.78, 5) is 12.4. The molecule has 0 radical (unpaired) electrons. The van der Waals surface area contributed by atoms with Gasteiger partial charge in [0.15, 0.2) is 0 Å². The molecule has 0 spiro atoms. The van der Waals surface area contributed by atoms with Crippen LogP contribution in [-0.2, 0) is 4.79 Å². The van der Waals surface area contributed by atoms with Gasteiger partial charge in [0.25, 0.3) is 5.91 Å². The largest absolute Gasteiger partial charge is 0.496 e. The van der Waals surface area contributed by atoms with Crippen molar-refractivity contribution in [2.45, 2.75) is 18.5 Å². The first-order valence-electron chi connectivity index (χ1n) is 9.87. The maximum Gasteiger partial charge on any atom is 0.258 e. The van der Waals surface area contributed by atoms with Gasteiger partial charge in [0.2, 0.25) is 0 Å². The van der Waals surface area contributed by atoms with Gasteiger partial charge >= 0.3 is 0 Å². The molecule has 6 heteroatoms. The Labute approximate surface area is 175 Å². The third-order valence-electron chi connectivity index (χ3n) is 5.15. The molecule has 1 saturated heterocycles. The molecular formula is C24H24N4O2. The van der Waals surface area contributed by atoms with E-state index in [1.165, 1.54) is 10.8 Å². The quantitative estimate of drug-likeness (QED) is 0.437. The van der Waals surface area contributed by atoms with E-state index < -0.39 is 0 Å². The van der Waals surface area contributed by atoms with E-state index in [2.05, 4.69) is 51.7 Å². The van der Waals surface area contributed by atoms with Crippen LogP contribution >= 0.6 is 0 Å². The van der Waals surface area contributed by atoms with Gasteiger partial charge in [-0.3, -0.25) is 4.79 Å². The van der Waals surface area contributed by atoms with Crippen molar-refractivity contribution in [2.24, 2.45) is 5.10 Å². The lowest BCUT2D eigenvalue weighted by atomic mass is 9.99. The summed E-state index contributed by atoms with van der Waals surface area (Å²) in [6.45, 7) is 0. The van der Waals surface area contributed by atoms with Gasteiger partial charge in [-0.05, 0) is 47.0 Å². The van der Waals surface area contributed by atoms with E-state index in [0.717, 1.165) is 16.9 Å². The second-order valence-corrected chi connectivity index (χ2v) is 7.09. The van der Waals surface area contributed by atoms with Gasteiger partial charge in [-0.15, -0.1) is 0 Å². The van der Waals surface area contributed by atoms with Crippen LogP contribution in [0.5, 0.6) is 5.75 Å². The van der Waals surface area contributed by atoms with E-state index >= 15 is 0 Å². The summed E-state index contributed by atoms with van der Waals surface area (Å²) in [6, 6.07) is 22.0. The fourth-order valence-corrected chi connectivity index (χ4v) is 3.54. The number of hydrazine groups is 1. The molecule has 3 aromatic carbocycles. The highest BCUT2D eigenvalue weighted by atomic mass is 16.5. The molecule has 2 atom stereocenters. The highest BCUT2D eigenvalue weighted by Gasteiger charge is 2.30. The lowest BCUT2D eigenvalue weighted by molar-refractivity contribution is -0.122. The molecule has 6 nitrogen and oxygen atoms in total. The van der Waals surface area contributed by atoms with Crippen LogP contribution in [0.3, 0.4) is 0 Å². The molecule has 0 saturated carbocycles. The summed E-state index contributed by atoms with van der Waals surface area (Å²) in [6.07, 6.45) is 5.83. The van der Waals surface area contributed by atoms with Crippen molar-refractivity contribution in [2.75, 3.05) is 7.11 Å². The average Bonchev–Trinajstić information content (AvgIpc) is 3.29. The number of methoxy groups -OCH3 is 1. The SMILES string of the molecule is COc1ccccc1/C=C/C=N/NC(=O)C1CC(c2ccc3ccccc3c2)NN1. The van der Waals surface area contributed by atoms with E-state index in [-0.39, 0.29) is 18.0 Å². The highest BCUT2D eigenvalue weighted by molar-refractivity contribution is 5.85. The Morgan fingerprint density at radius 3 is 2.73 bits per heavy atom. The van der Waals surface area contributed by atoms with Crippen LogP contribution in [0.25, 0.3) is 16.8 Å². The van der Waals surface area contributed by atoms with Crippen LogP contribution < -0.4 is 21.0 Å². The normalized spacial score (nSPS) is 19.0. The lowest BCUT2D eigenvalue weighted by Crippen LogP contribution is -2.41. The number of nitrogens with zero attached hydrogens (tertiary/aromatic N) is 1. The van der Waals surface area contributed by atoms with Gasteiger partial charge in [-0.2, -0.15) is 5.10 Å². The second kappa shape index (κ2) is 9.35. The number of allylic oxidation sites excluding steroid dienone is 1. The number of ether oxygens (including phenoxy) is 1. The van der Waals surface area contributed by atoms with Gasteiger partial charge in [0.05, 0.1) is 7.11 Å². The number of benzene rings is 3. The highest BCUT2D eigenvalue weighted by Crippen LogP contribution is 2.25. The molecular weight excluding hydrogens is 376 g/mol. The van der Waals surface area contributed by atoms with Crippen molar-refractivity contribution in [1.29, 1.82) is 0 Å². The second-order valence-electron chi connectivity index (χ2n) is 7.09. The Balaban J connectivity index is 1.31. The van der Waals surface area contributed by atoms with Gasteiger partial charge in [-0.1, -0.05) is 54.6 Å². The summed E-state index contributed by atoms with van der Waals surface area (Å²) in [5, 5.41) is 6.40. The van der Waals surface area contributed by atoms with Crippen molar-refractivity contribution in [1.82, 2.24) is 16.3 Å². The zero-order valence-corrected chi connectivity index (χ0v) is 16.7. The van der Waals surface area contributed by atoms with E-state index in [1.807, 2.05) is 42.5 Å². The Morgan fingerprint density at radius 2 is 1.87 bits per heavy atom. The number of nitrogens with one attached hydrogen (secondary N) is 3. The van der Waals surface area contributed by atoms with Crippen molar-refractivity contribution in [3.05, 3.63) is 83.9 Å². The fraction of sp³-hybridized carbons (Fsp3) is 0.167. The van der Waals surface area contributed by atoms with Gasteiger partial charge < -0.3 is 4.74 Å². The Morgan fingerprint density at radius 1 is 1.07 bits per heavy atom. The number of rotatable bonds is 6. The van der Waals surface area contributed by atoms with Crippen molar-refractivity contribution >= 4 is 29.0 Å². The first kappa shape index (κ1) is 19.8. The van der Waals surface area contributed by atoms with E-state index in [4.69, 9.17) is 4.74 Å². The molecule has 1 heterocycles. The van der Waals surface area contributed by atoms with Crippen LogP contribution in [0.1, 0.15) is 23.6 Å². The molecule has 1 aliphatic rings. The molecule has 30 heavy (non-hydrogen) atoms. The van der Waals surface area contributed by atoms with Crippen molar-refractivity contribution in [3.63, 3.8) is 0 Å². The summed E-state index contributed by atoms with van der Waals surface area (Å²) in [5.41, 5.74) is 11.0. The number of hydrogen-bond acceptors (Lipinski definition) is 5. The molecule has 152 valence electrons. The first-order valence-corrected chi connectivity index (χ1v) is 9.87. The van der Waals surface area contributed by atoms with Crippen molar-refractivity contribution in [3.8, 4) is 5.75 Å². The van der Waals surface area contributed by atoms with Gasteiger partial charge in [-0.25, -0.2) is 16.3 Å². The van der Waals surface area contributed by atoms with Crippen LogP contribution in [0.2, 0.25) is 0 Å². The van der Waals surface area contributed by atoms with Crippen LogP contribution in [0, 0.1) is 0 Å². The van der Waals surface area contributed by atoms with Crippen LogP contribution in [-0.4, -0.2) is 25.3 Å². The minimum absolute atomic E-state index is 0.0692. The standard InChI is InChI=1S/C24H24N4O2/c1-30-23-11-5-4-8-18(23)10-6-14-25-28-24(29)22-16-21(26-27-22)20-13-12-17-7-2-3-9-19(17)15-20/h2-15,21-22,26-27H,16H2,1H3,(H,28,29)/b10-6+,25-14+. The monoisotopic (exact) mass is 400 g/mol. The third kappa shape index (κ3) is 4.56. The number of hydrazone groups is 1. The Hall–Kier alpha value is -3.48. The molecule has 0 aromatic heterocycles. The Bertz CT molecular complexity index is 1090. The number of carbonyl (C=O) groups excluding carboxylic acids is 1. The van der Waals surface area contributed by atoms with Crippen molar-refractivity contribution < 1.29 is 9.53 Å². The summed E-state index contributed by atoms with van der Waals surface area (Å²) in [5.74, 6) is 0.611.